The summed E-state index contributed by atoms with van der Waals surface area (Å²) in [6.07, 6.45) is -7.64. The number of rotatable bonds is 15. The molecule has 4 aromatic rings. The number of hydrogen-bond acceptors (Lipinski definition) is 12. The van der Waals surface area contributed by atoms with E-state index in [-0.39, 0.29) is 40.7 Å². The summed E-state index contributed by atoms with van der Waals surface area (Å²) in [4.78, 5) is 3.92. The predicted octanol–water partition coefficient (Wildman–Crippen LogP) is 3.59. The number of aliphatic hydroxyl groups is 5. The van der Waals surface area contributed by atoms with Crippen molar-refractivity contribution >= 4 is 11.6 Å². The van der Waals surface area contributed by atoms with Gasteiger partial charge in [0.15, 0.2) is 11.5 Å². The van der Waals surface area contributed by atoms with Gasteiger partial charge in [-0.05, 0) is 65.6 Å². The van der Waals surface area contributed by atoms with Crippen molar-refractivity contribution in [3.63, 3.8) is 0 Å². The monoisotopic (exact) mass is 727 g/mol. The number of nitriles is 1. The zero-order chi connectivity index (χ0) is 36.7. The molecule has 6 N–H and O–H groups in total. The largest absolute Gasteiger partial charge is 0.488 e. The summed E-state index contributed by atoms with van der Waals surface area (Å²) < 4.78 is 54.6. The molecular formula is C36H36ClF2N3O9. The van der Waals surface area contributed by atoms with Crippen LogP contribution in [0.2, 0.25) is 5.02 Å². The lowest BCUT2D eigenvalue weighted by Crippen LogP contribution is -2.52. The summed E-state index contributed by atoms with van der Waals surface area (Å²) in [6, 6.07) is 15.9. The quantitative estimate of drug-likeness (QED) is 0.105. The number of aliphatic hydroxyl groups excluding tert-OH is 5. The van der Waals surface area contributed by atoms with E-state index in [1.54, 1.807) is 37.3 Å². The van der Waals surface area contributed by atoms with Gasteiger partial charge in [0.05, 0.1) is 29.8 Å². The van der Waals surface area contributed by atoms with Gasteiger partial charge < -0.3 is 49.8 Å². The number of nitrogens with one attached hydrogen (secondary N) is 1. The number of nitrogens with zero attached hydrogens (tertiary/aromatic N) is 2. The van der Waals surface area contributed by atoms with Crippen LogP contribution >= 0.6 is 11.6 Å². The van der Waals surface area contributed by atoms with E-state index in [2.05, 4.69) is 10.3 Å². The molecule has 0 radical (unpaired) electrons. The minimum atomic E-state index is -3.88. The highest BCUT2D eigenvalue weighted by molar-refractivity contribution is 6.32. The maximum absolute atomic E-state index is 16.0. The van der Waals surface area contributed by atoms with Crippen molar-refractivity contribution in [3.8, 4) is 40.2 Å². The zero-order valence-electron chi connectivity index (χ0n) is 27.3. The van der Waals surface area contributed by atoms with E-state index in [4.69, 9.17) is 35.7 Å². The molecule has 12 nitrogen and oxygen atoms in total. The number of alkyl halides is 2. The fourth-order valence-electron chi connectivity index (χ4n) is 5.49. The van der Waals surface area contributed by atoms with Crippen molar-refractivity contribution in [2.45, 2.75) is 50.5 Å². The Balaban J connectivity index is 1.44. The minimum absolute atomic E-state index is 0.0249. The molecule has 1 aliphatic heterocycles. The molecule has 51 heavy (non-hydrogen) atoms. The van der Waals surface area contributed by atoms with Gasteiger partial charge in [-0.3, -0.25) is 0 Å². The highest BCUT2D eigenvalue weighted by atomic mass is 35.5. The van der Waals surface area contributed by atoms with E-state index >= 15 is 8.78 Å². The molecule has 1 aromatic heterocycles. The average molecular weight is 728 g/mol. The van der Waals surface area contributed by atoms with Crippen molar-refractivity contribution in [1.29, 1.82) is 5.26 Å². The summed E-state index contributed by atoms with van der Waals surface area (Å²) in [6.45, 7) is 0.520. The Morgan fingerprint density at radius 3 is 2.47 bits per heavy atom. The van der Waals surface area contributed by atoms with E-state index in [0.29, 0.717) is 41.4 Å². The molecule has 0 unspecified atom stereocenters. The summed E-state index contributed by atoms with van der Waals surface area (Å²) >= 11 is 6.50. The van der Waals surface area contributed by atoms with Crippen LogP contribution in [0.25, 0.3) is 11.1 Å². The Hall–Kier alpha value is -4.59. The molecule has 4 atom stereocenters. The zero-order valence-corrected chi connectivity index (χ0v) is 28.1. The van der Waals surface area contributed by atoms with Gasteiger partial charge in [-0.15, -0.1) is 0 Å². The number of hydrogen-bond donors (Lipinski definition) is 6. The Morgan fingerprint density at radius 1 is 0.980 bits per heavy atom. The highest BCUT2D eigenvalue weighted by Gasteiger charge is 2.38. The molecule has 0 amide bonds. The third-order valence-electron chi connectivity index (χ3n) is 8.28. The van der Waals surface area contributed by atoms with Gasteiger partial charge >= 0.3 is 6.11 Å². The van der Waals surface area contributed by atoms with Crippen molar-refractivity contribution in [3.05, 3.63) is 99.8 Å². The first kappa shape index (κ1) is 37.7. The summed E-state index contributed by atoms with van der Waals surface area (Å²) in [5, 5.41) is 61.2. The third-order valence-corrected chi connectivity index (χ3v) is 8.58. The Morgan fingerprint density at radius 2 is 1.75 bits per heavy atom. The van der Waals surface area contributed by atoms with E-state index in [1.165, 1.54) is 36.5 Å². The van der Waals surface area contributed by atoms with Crippen molar-refractivity contribution in [1.82, 2.24) is 10.3 Å². The molecule has 15 heteroatoms. The van der Waals surface area contributed by atoms with Gasteiger partial charge in [-0.1, -0.05) is 29.8 Å². The lowest BCUT2D eigenvalue weighted by molar-refractivity contribution is -0.185. The predicted molar refractivity (Wildman–Crippen MR) is 180 cm³/mol. The highest BCUT2D eigenvalue weighted by Crippen LogP contribution is 2.42. The molecule has 5 rings (SSSR count). The van der Waals surface area contributed by atoms with Gasteiger partial charge in [0.2, 0.25) is 0 Å². The average Bonchev–Trinajstić information content (AvgIpc) is 3.14. The van der Waals surface area contributed by atoms with Crippen LogP contribution in [0.4, 0.5) is 8.78 Å². The van der Waals surface area contributed by atoms with Gasteiger partial charge in [0, 0.05) is 24.4 Å². The second-order valence-electron chi connectivity index (χ2n) is 11.7. The van der Waals surface area contributed by atoms with Crippen molar-refractivity contribution in [2.75, 3.05) is 26.4 Å². The standard InChI is InChI=1S/C36H36ClF2N3O9/c1-20-25(22-5-6-30-33(13-22)49-10-9-48-30)3-2-4-26(20)36(38,39)51-32-14-31(50-19-21-7-8-41-24(11-21)15-40)23(12-27(32)37)16-42-28(17-43)34(46)35(47)29(45)18-44/h2-8,11-14,28-29,34-35,42-47H,9-10,16-19H2,1H3/t28-,29+,34+,35-/m0/s1. The normalized spacial score (nSPS) is 15.0. The molecule has 0 spiro atoms. The molecule has 3 aromatic carbocycles. The van der Waals surface area contributed by atoms with Crippen LogP contribution in [0.3, 0.4) is 0 Å². The van der Waals surface area contributed by atoms with Gasteiger partial charge in [0.1, 0.15) is 61.4 Å². The molecule has 0 fully saturated rings. The summed E-state index contributed by atoms with van der Waals surface area (Å²) in [5.41, 5.74) is 1.96. The first-order valence-electron chi connectivity index (χ1n) is 15.8. The number of benzene rings is 3. The first-order chi connectivity index (χ1) is 24.4. The summed E-state index contributed by atoms with van der Waals surface area (Å²) in [7, 11) is 0. The molecule has 1 aliphatic rings. The molecule has 2 heterocycles. The third kappa shape index (κ3) is 8.84. The van der Waals surface area contributed by atoms with E-state index < -0.39 is 55.0 Å². The number of halogens is 3. The van der Waals surface area contributed by atoms with E-state index in [1.807, 2.05) is 6.07 Å². The molecular weight excluding hydrogens is 692 g/mol. The number of aromatic nitrogens is 1. The Kier molecular flexibility index (Phi) is 12.3. The second kappa shape index (κ2) is 16.6. The fourth-order valence-corrected chi connectivity index (χ4v) is 5.71. The van der Waals surface area contributed by atoms with Gasteiger partial charge in [-0.25, -0.2) is 4.98 Å². The summed E-state index contributed by atoms with van der Waals surface area (Å²) in [5.74, 6) is 0.679. The van der Waals surface area contributed by atoms with E-state index in [9.17, 15) is 25.7 Å². The van der Waals surface area contributed by atoms with E-state index in [0.717, 1.165) is 0 Å². The number of pyridine rings is 1. The minimum Gasteiger partial charge on any atom is -0.488 e. The molecule has 270 valence electrons. The van der Waals surface area contributed by atoms with Crippen LogP contribution in [-0.4, -0.2) is 81.3 Å². The smallest absolute Gasteiger partial charge is 0.427 e. The number of ether oxygens (including phenoxy) is 4. The van der Waals surface area contributed by atoms with Crippen LogP contribution in [0.1, 0.15) is 27.9 Å². The van der Waals surface area contributed by atoms with Crippen molar-refractivity contribution in [2.24, 2.45) is 0 Å². The molecule has 0 saturated carbocycles. The van der Waals surface area contributed by atoms with Crippen LogP contribution < -0.4 is 24.3 Å². The van der Waals surface area contributed by atoms with Crippen LogP contribution in [0.5, 0.6) is 23.0 Å². The lowest BCUT2D eigenvalue weighted by Gasteiger charge is -2.29. The van der Waals surface area contributed by atoms with Crippen molar-refractivity contribution < 1.29 is 53.3 Å². The molecule has 0 saturated heterocycles. The SMILES string of the molecule is Cc1c(-c2ccc3c(c2)OCCO3)cccc1C(F)(F)Oc1cc(OCc2ccnc(C#N)c2)c(CN[C@@H](CO)[C@@H](O)[C@@H](O)[C@H](O)CO)cc1Cl. The van der Waals surface area contributed by atoms with Gasteiger partial charge in [0.25, 0.3) is 0 Å². The second-order valence-corrected chi connectivity index (χ2v) is 12.1. The maximum atomic E-state index is 16.0. The lowest BCUT2D eigenvalue weighted by atomic mass is 9.95. The van der Waals surface area contributed by atoms with Crippen LogP contribution in [0, 0.1) is 18.3 Å². The fraction of sp³-hybridized carbons (Fsp3) is 0.333. The van der Waals surface area contributed by atoms with Crippen LogP contribution in [-0.2, 0) is 19.3 Å². The maximum Gasteiger partial charge on any atom is 0.427 e. The Labute approximate surface area is 297 Å². The topological polar surface area (TPSA) is 187 Å². The number of fused-ring (bicyclic) bond motifs is 1. The Bertz CT molecular complexity index is 1880. The molecule has 0 bridgehead atoms. The van der Waals surface area contributed by atoms with Gasteiger partial charge in [-0.2, -0.15) is 14.0 Å². The molecule has 0 aliphatic carbocycles. The van der Waals surface area contributed by atoms with Crippen LogP contribution in [0.15, 0.2) is 66.9 Å². The first-order valence-corrected chi connectivity index (χ1v) is 16.2.